The first-order valence-corrected chi connectivity index (χ1v) is 0. The molecular weight excluding hydrogens is 604 g/mol. The van der Waals surface area contributed by atoms with Gasteiger partial charge in [-0.15, -0.1) is 0 Å². The molecule has 0 aliphatic carbocycles. The van der Waals surface area contributed by atoms with E-state index in [0.29, 0.717) is 0 Å². The zero-order valence-electron chi connectivity index (χ0n) is 9.65. The topological polar surface area (TPSA) is 0 Å². The first-order valence-electron chi connectivity index (χ1n) is 0. The van der Waals surface area contributed by atoms with Gasteiger partial charge in [0.25, 0.3) is 0 Å². The standard InChI is InChI=1S/Al.Ba.Ca.4Fe.Mn.Nb.H3Si.6H/h;;;;;;;;;1H3;;;;;;/q;2*+2;;;;;;;;;;4*-1. The van der Waals surface area contributed by atoms with Crippen LogP contribution in [0, 0.1) is 0 Å². The van der Waals surface area contributed by atoms with Crippen LogP contribution in [0.1, 0.15) is 5.71 Å². The van der Waals surface area contributed by atoms with Gasteiger partial charge in [-0.1, -0.05) is 0 Å². The minimum atomic E-state index is 0. The Labute approximate surface area is 222 Å². The van der Waals surface area contributed by atoms with E-state index in [1.165, 1.54) is 0 Å². The Morgan fingerprint density at radius 1 is 0.800 bits per heavy atom. The molecule has 0 aliphatic rings. The fraction of sp³-hybridized carbons (Fsp3) is 0. The van der Waals surface area contributed by atoms with Crippen molar-refractivity contribution in [3.05, 3.63) is 0 Å². The second-order valence-electron chi connectivity index (χ2n) is 0. The van der Waals surface area contributed by atoms with Crippen LogP contribution in [0.15, 0.2) is 0 Å². The summed E-state index contributed by atoms with van der Waals surface area (Å²) in [6, 6.07) is 0. The number of hydrogen-bond acceptors (Lipinski definition) is 0. The Morgan fingerprint density at radius 3 is 0.800 bits per heavy atom. The first kappa shape index (κ1) is 89.6. The van der Waals surface area contributed by atoms with Crippen molar-refractivity contribution in [1.82, 2.24) is 0 Å². The maximum absolute atomic E-state index is 0. The summed E-state index contributed by atoms with van der Waals surface area (Å²) >= 11 is 0. The molecule has 10 heteroatoms. The Morgan fingerprint density at radius 2 is 0.800 bits per heavy atom. The monoisotopic (exact) mass is 613 g/mol. The van der Waals surface area contributed by atoms with Crippen molar-refractivity contribution in [1.29, 1.82) is 0 Å². The summed E-state index contributed by atoms with van der Waals surface area (Å²) in [5.74, 6) is 0. The van der Waals surface area contributed by atoms with Crippen LogP contribution in [0.2, 0.25) is 0 Å². The molecular formula is H9AlBaCaFe4MnNbSi. The molecule has 0 atom stereocenters. The Bertz CT molecular complexity index is 37.3. The largest absolute Gasteiger partial charge is 2.00 e. The molecule has 0 aliphatic heterocycles. The minimum Gasteiger partial charge on any atom is -1.00 e. The van der Waals surface area contributed by atoms with Crippen molar-refractivity contribution < 1.29 is 113 Å². The molecule has 0 unspecified atom stereocenters. The second kappa shape index (κ2) is 74.0. The van der Waals surface area contributed by atoms with Gasteiger partial charge in [0.15, 0.2) is 0 Å². The molecule has 0 N–H and O–H groups in total. The third-order valence-corrected chi connectivity index (χ3v) is 0. The quantitative estimate of drug-likeness (QED) is 0.267. The smallest absolute Gasteiger partial charge is 1.00 e. The molecule has 0 saturated carbocycles. The van der Waals surface area contributed by atoms with Crippen LogP contribution in [-0.4, -0.2) is 115 Å². The van der Waals surface area contributed by atoms with Gasteiger partial charge < -0.3 is 5.71 Å². The fourth-order valence-corrected chi connectivity index (χ4v) is 0. The van der Waals surface area contributed by atoms with Crippen LogP contribution < -0.4 is 0 Å². The molecule has 0 aromatic rings. The van der Waals surface area contributed by atoms with Crippen LogP contribution in [0.4, 0.5) is 0 Å². The molecule has 0 nitrogen and oxygen atoms in total. The predicted octanol–water partition coefficient (Wildman–Crippen LogP) is -2.43. The van der Waals surface area contributed by atoms with E-state index >= 15 is 0 Å². The van der Waals surface area contributed by atoms with E-state index in [0.717, 1.165) is 0 Å². The normalized spacial score (nSPS) is 0. The van der Waals surface area contributed by atoms with E-state index in [9.17, 15) is 0 Å². The van der Waals surface area contributed by atoms with Gasteiger partial charge >= 0.3 is 86.6 Å². The average Bonchev–Trinajstić information content (AvgIpc) is 0. The molecule has 0 amide bonds. The first-order chi connectivity index (χ1) is 0. The Balaban J connectivity index is 0. The molecule has 64 valence electrons. The molecule has 0 rings (SSSR count). The van der Waals surface area contributed by atoms with E-state index in [4.69, 9.17) is 0 Å². The third-order valence-electron chi connectivity index (χ3n) is 0. The van der Waals surface area contributed by atoms with Crippen LogP contribution >= 0.6 is 0 Å². The zero-order chi connectivity index (χ0) is 0. The summed E-state index contributed by atoms with van der Waals surface area (Å²) in [4.78, 5) is 0. The predicted molar refractivity (Wildman–Crippen MR) is 34.4 cm³/mol. The van der Waals surface area contributed by atoms with E-state index in [-0.39, 0.29) is 228 Å². The fourth-order valence-electron chi connectivity index (χ4n) is 0. The van der Waals surface area contributed by atoms with Crippen LogP contribution in [0.25, 0.3) is 0 Å². The summed E-state index contributed by atoms with van der Waals surface area (Å²) in [5.41, 5.74) is 0. The molecule has 0 spiro atoms. The minimum absolute atomic E-state index is 0. The summed E-state index contributed by atoms with van der Waals surface area (Å²) in [6.07, 6.45) is 0. The van der Waals surface area contributed by atoms with Gasteiger partial charge in [0.05, 0.1) is 0 Å². The van der Waals surface area contributed by atoms with E-state index in [2.05, 4.69) is 0 Å². The van der Waals surface area contributed by atoms with Gasteiger partial charge in [0.1, 0.15) is 17.4 Å². The average molecular weight is 613 g/mol. The molecule has 0 saturated heterocycles. The van der Waals surface area contributed by atoms with E-state index < -0.39 is 0 Å². The molecule has 0 fully saturated rings. The maximum Gasteiger partial charge on any atom is 2.00 e. The van der Waals surface area contributed by atoms with Crippen molar-refractivity contribution in [2.45, 2.75) is 0 Å². The van der Waals surface area contributed by atoms with Crippen molar-refractivity contribution >= 4 is 115 Å². The van der Waals surface area contributed by atoms with Gasteiger partial charge in [-0.2, -0.15) is 0 Å². The molecule has 0 bridgehead atoms. The Hall–Kier alpha value is 6.92. The third kappa shape index (κ3) is 60.4. The van der Waals surface area contributed by atoms with E-state index in [1.807, 2.05) is 0 Å². The molecule has 0 heterocycles. The van der Waals surface area contributed by atoms with Gasteiger partial charge in [0.2, 0.25) is 0 Å². The van der Waals surface area contributed by atoms with Gasteiger partial charge in [0, 0.05) is 108 Å². The van der Waals surface area contributed by atoms with Crippen molar-refractivity contribution in [3.63, 3.8) is 0 Å². The molecule has 0 aromatic heterocycles. The number of rotatable bonds is 0. The summed E-state index contributed by atoms with van der Waals surface area (Å²) < 4.78 is 0. The van der Waals surface area contributed by atoms with Crippen molar-refractivity contribution in [2.24, 2.45) is 0 Å². The Kier molecular flexibility index (Phi) is 663. The zero-order valence-corrected chi connectivity index (χ0v) is 24.1. The summed E-state index contributed by atoms with van der Waals surface area (Å²) in [5, 5.41) is 0. The van der Waals surface area contributed by atoms with Crippen LogP contribution in [-0.2, 0) is 108 Å². The van der Waals surface area contributed by atoms with Crippen LogP contribution in [0.3, 0.4) is 0 Å². The molecule has 10 heavy (non-hydrogen) atoms. The SMILES string of the molecule is [AlH2].[Ba+2].[Ca+2].[Fe].[Fe].[Fe].[Fe].[H-].[H-].[H-].[H-].[Mn].[Nb].[SiH3]. The van der Waals surface area contributed by atoms with Crippen LogP contribution in [0.5, 0.6) is 0 Å². The van der Waals surface area contributed by atoms with Gasteiger partial charge in [-0.05, 0) is 11.0 Å². The second-order valence-corrected chi connectivity index (χ2v) is 0. The van der Waals surface area contributed by atoms with Gasteiger partial charge in [-0.25, -0.2) is 0 Å². The molecule has 4 radical (unpaired) electrons. The maximum atomic E-state index is 0. The van der Waals surface area contributed by atoms with Gasteiger partial charge in [-0.3, -0.25) is 0 Å². The summed E-state index contributed by atoms with van der Waals surface area (Å²) in [6.45, 7) is 0. The van der Waals surface area contributed by atoms with Crippen molar-refractivity contribution in [2.75, 3.05) is 0 Å². The van der Waals surface area contributed by atoms with Crippen molar-refractivity contribution in [3.8, 4) is 0 Å². The van der Waals surface area contributed by atoms with E-state index in [1.54, 1.807) is 0 Å². The molecule has 0 aromatic carbocycles. The number of hydrogen-bond donors (Lipinski definition) is 0. The summed E-state index contributed by atoms with van der Waals surface area (Å²) in [7, 11) is 0.